The average molecular weight is 236 g/mol. The molecule has 0 aromatic carbocycles. The van der Waals surface area contributed by atoms with E-state index in [1.165, 1.54) is 32.1 Å². The van der Waals surface area contributed by atoms with Gasteiger partial charge in [-0.25, -0.2) is 0 Å². The van der Waals surface area contributed by atoms with Crippen molar-refractivity contribution in [2.24, 2.45) is 0 Å². The number of hydrogen-bond acceptors (Lipinski definition) is 0. The Labute approximate surface area is 78.6 Å². The van der Waals surface area contributed by atoms with Crippen LogP contribution in [0.1, 0.15) is 32.1 Å². The van der Waals surface area contributed by atoms with Crippen molar-refractivity contribution in [3.63, 3.8) is 0 Å². The fourth-order valence-corrected chi connectivity index (χ4v) is 9.56. The Morgan fingerprint density at radius 2 is 1.55 bits per heavy atom. The lowest BCUT2D eigenvalue weighted by Gasteiger charge is -2.29. The lowest BCUT2D eigenvalue weighted by Crippen LogP contribution is -2.14. The zero-order valence-corrected chi connectivity index (χ0v) is 9.54. The second-order valence-corrected chi connectivity index (χ2v) is 10.2. The highest BCUT2D eigenvalue weighted by molar-refractivity contribution is 9.11. The fraction of sp³-hybridized carbons (Fsp3) is 1.00. The third-order valence-corrected chi connectivity index (χ3v) is 11.5. The van der Waals surface area contributed by atoms with E-state index < -0.39 is 7.26 Å². The van der Waals surface area contributed by atoms with E-state index in [9.17, 15) is 0 Å². The molecule has 1 unspecified atom stereocenters. The Hall–Kier alpha value is 0.910. The SMILES string of the molecule is BrC1CCC[P+]12CCCCC2. The van der Waals surface area contributed by atoms with Gasteiger partial charge in [-0.2, -0.15) is 0 Å². The van der Waals surface area contributed by atoms with Crippen LogP contribution >= 0.6 is 23.2 Å². The minimum absolute atomic E-state index is 0.415. The molecule has 2 rings (SSSR count). The molecule has 0 saturated carbocycles. The lowest BCUT2D eigenvalue weighted by atomic mass is 10.3. The average Bonchev–Trinajstić information content (AvgIpc) is 2.36. The summed E-state index contributed by atoms with van der Waals surface area (Å²) in [4.78, 5) is 0. The maximum atomic E-state index is 3.91. The van der Waals surface area contributed by atoms with E-state index in [1.54, 1.807) is 18.5 Å². The molecule has 1 atom stereocenters. The Balaban J connectivity index is 2.06. The predicted molar refractivity (Wildman–Crippen MR) is 57.3 cm³/mol. The van der Waals surface area contributed by atoms with E-state index >= 15 is 0 Å². The second-order valence-electron chi connectivity index (χ2n) is 4.03. The molecule has 11 heavy (non-hydrogen) atoms. The molecular weight excluding hydrogens is 219 g/mol. The van der Waals surface area contributed by atoms with Crippen LogP contribution in [0.25, 0.3) is 0 Å². The highest BCUT2D eigenvalue weighted by Crippen LogP contribution is 2.72. The summed E-state index contributed by atoms with van der Waals surface area (Å²) >= 11 is 3.91. The van der Waals surface area contributed by atoms with Gasteiger partial charge in [-0.05, 0) is 48.0 Å². The van der Waals surface area contributed by atoms with Gasteiger partial charge in [0.2, 0.25) is 0 Å². The number of halogens is 1. The molecular formula is C9H17BrP+. The van der Waals surface area contributed by atoms with Crippen molar-refractivity contribution in [1.29, 1.82) is 0 Å². The normalized spacial score (nSPS) is 36.3. The standard InChI is InChI=1S/C9H17BrP/c10-9-5-4-8-11(9)6-2-1-3-7-11/h9H,1-8H2/q+1. The summed E-state index contributed by atoms with van der Waals surface area (Å²) in [5.74, 6) is 0. The Morgan fingerprint density at radius 3 is 2.09 bits per heavy atom. The van der Waals surface area contributed by atoms with E-state index in [1.807, 2.05) is 0 Å². The number of rotatable bonds is 0. The third kappa shape index (κ3) is 1.52. The number of alkyl halides is 1. The van der Waals surface area contributed by atoms with Gasteiger partial charge < -0.3 is 0 Å². The van der Waals surface area contributed by atoms with Crippen LogP contribution < -0.4 is 0 Å². The summed E-state index contributed by atoms with van der Waals surface area (Å²) in [6.07, 6.45) is 12.4. The van der Waals surface area contributed by atoms with Crippen LogP contribution in [0.4, 0.5) is 0 Å². The second kappa shape index (κ2) is 3.34. The molecule has 0 nitrogen and oxygen atoms in total. The van der Waals surface area contributed by atoms with E-state index in [0.717, 1.165) is 4.57 Å². The van der Waals surface area contributed by atoms with E-state index in [2.05, 4.69) is 15.9 Å². The molecule has 1 spiro atoms. The molecule has 0 aliphatic carbocycles. The van der Waals surface area contributed by atoms with Crippen molar-refractivity contribution in [1.82, 2.24) is 0 Å². The van der Waals surface area contributed by atoms with Crippen molar-refractivity contribution >= 4 is 23.2 Å². The minimum atomic E-state index is -0.415. The maximum Gasteiger partial charge on any atom is 0.123 e. The molecule has 0 aromatic rings. The van der Waals surface area contributed by atoms with Crippen LogP contribution in [0.5, 0.6) is 0 Å². The van der Waals surface area contributed by atoms with Gasteiger partial charge in [0, 0.05) is 7.26 Å². The molecule has 2 fully saturated rings. The fourth-order valence-electron chi connectivity index (χ4n) is 2.63. The van der Waals surface area contributed by atoms with Gasteiger partial charge >= 0.3 is 0 Å². The van der Waals surface area contributed by atoms with Gasteiger partial charge in [0.05, 0.1) is 18.5 Å². The Morgan fingerprint density at radius 1 is 0.909 bits per heavy atom. The van der Waals surface area contributed by atoms with Crippen molar-refractivity contribution in [3.8, 4) is 0 Å². The number of hydrogen-bond donors (Lipinski definition) is 0. The summed E-state index contributed by atoms with van der Waals surface area (Å²) in [6, 6.07) is 0. The molecule has 0 bridgehead atoms. The first-order valence-electron chi connectivity index (χ1n) is 4.83. The summed E-state index contributed by atoms with van der Waals surface area (Å²) in [6.45, 7) is 0. The first kappa shape index (κ1) is 8.51. The molecule has 2 heterocycles. The predicted octanol–water partition coefficient (Wildman–Crippen LogP) is 3.70. The molecule has 0 N–H and O–H groups in total. The molecule has 2 aliphatic rings. The molecule has 2 heteroatoms. The Bertz CT molecular complexity index is 140. The maximum absolute atomic E-state index is 3.91. The van der Waals surface area contributed by atoms with E-state index in [0.29, 0.717) is 0 Å². The molecule has 0 radical (unpaired) electrons. The molecule has 2 saturated heterocycles. The molecule has 2 aliphatic heterocycles. The lowest BCUT2D eigenvalue weighted by molar-refractivity contribution is 0.744. The smallest absolute Gasteiger partial charge is 0.0464 e. The van der Waals surface area contributed by atoms with Gasteiger partial charge in [0.15, 0.2) is 0 Å². The summed E-state index contributed by atoms with van der Waals surface area (Å²) in [5, 5.41) is 0. The quantitative estimate of drug-likeness (QED) is 0.444. The molecule has 64 valence electrons. The first-order valence-corrected chi connectivity index (χ1v) is 8.16. The van der Waals surface area contributed by atoms with Crippen LogP contribution in [0.2, 0.25) is 0 Å². The highest BCUT2D eigenvalue weighted by Gasteiger charge is 2.48. The van der Waals surface area contributed by atoms with Crippen LogP contribution in [0, 0.1) is 0 Å². The Kier molecular flexibility index (Phi) is 2.58. The molecule has 0 amide bonds. The van der Waals surface area contributed by atoms with Crippen molar-refractivity contribution in [3.05, 3.63) is 0 Å². The summed E-state index contributed by atoms with van der Waals surface area (Å²) < 4.78 is 0.968. The zero-order valence-electron chi connectivity index (χ0n) is 7.06. The largest absolute Gasteiger partial charge is 0.123 e. The van der Waals surface area contributed by atoms with Crippen molar-refractivity contribution in [2.75, 3.05) is 18.5 Å². The van der Waals surface area contributed by atoms with Crippen LogP contribution in [0.3, 0.4) is 0 Å². The zero-order chi connectivity index (χ0) is 7.73. The van der Waals surface area contributed by atoms with Gasteiger partial charge in [-0.15, -0.1) is 0 Å². The van der Waals surface area contributed by atoms with Crippen molar-refractivity contribution in [2.45, 2.75) is 36.7 Å². The topological polar surface area (TPSA) is 0 Å². The molecule has 0 aromatic heterocycles. The van der Waals surface area contributed by atoms with Gasteiger partial charge in [-0.1, -0.05) is 0 Å². The highest BCUT2D eigenvalue weighted by atomic mass is 79.9. The van der Waals surface area contributed by atoms with Gasteiger partial charge in [0.25, 0.3) is 0 Å². The summed E-state index contributed by atoms with van der Waals surface area (Å²) in [5.41, 5.74) is 0. The first-order chi connectivity index (χ1) is 5.33. The monoisotopic (exact) mass is 235 g/mol. The summed E-state index contributed by atoms with van der Waals surface area (Å²) in [7, 11) is -0.415. The van der Waals surface area contributed by atoms with E-state index in [4.69, 9.17) is 0 Å². The van der Waals surface area contributed by atoms with Gasteiger partial charge in [0.1, 0.15) is 4.57 Å². The van der Waals surface area contributed by atoms with Crippen molar-refractivity contribution < 1.29 is 0 Å². The van der Waals surface area contributed by atoms with E-state index in [-0.39, 0.29) is 0 Å². The minimum Gasteiger partial charge on any atom is -0.0464 e. The van der Waals surface area contributed by atoms with Crippen LogP contribution in [-0.2, 0) is 0 Å². The van der Waals surface area contributed by atoms with Crippen LogP contribution in [0.15, 0.2) is 0 Å². The third-order valence-electron chi connectivity index (χ3n) is 3.35. The van der Waals surface area contributed by atoms with Gasteiger partial charge in [-0.3, -0.25) is 0 Å². The van der Waals surface area contributed by atoms with Crippen LogP contribution in [-0.4, -0.2) is 23.1 Å².